The number of aromatic nitrogens is 6. The van der Waals surface area contributed by atoms with Crippen molar-refractivity contribution in [1.82, 2.24) is 29.1 Å². The zero-order chi connectivity index (χ0) is 22.7. The van der Waals surface area contributed by atoms with Crippen LogP contribution in [0, 0.1) is 12.7 Å². The van der Waals surface area contributed by atoms with E-state index in [4.69, 9.17) is 16.0 Å². The molecular formula is C23H16ClFN6O2. The fourth-order valence-electron chi connectivity index (χ4n) is 3.71. The van der Waals surface area contributed by atoms with Crippen molar-refractivity contribution in [3.8, 4) is 28.7 Å². The number of hydrogen-bond acceptors (Lipinski definition) is 6. The summed E-state index contributed by atoms with van der Waals surface area (Å²) in [4.78, 5) is 25.9. The molecule has 164 valence electrons. The van der Waals surface area contributed by atoms with Gasteiger partial charge in [0.05, 0.1) is 10.7 Å². The van der Waals surface area contributed by atoms with E-state index in [2.05, 4.69) is 20.1 Å². The summed E-state index contributed by atoms with van der Waals surface area (Å²) in [6.45, 7) is 1.90. The van der Waals surface area contributed by atoms with Gasteiger partial charge in [0.15, 0.2) is 22.9 Å². The monoisotopic (exact) mass is 462 g/mol. The van der Waals surface area contributed by atoms with Gasteiger partial charge in [0, 0.05) is 35.6 Å². The minimum Gasteiger partial charge on any atom is -0.432 e. The van der Waals surface area contributed by atoms with E-state index in [1.165, 1.54) is 16.7 Å². The molecule has 8 nitrogen and oxygen atoms in total. The molecule has 5 aromatic rings. The molecule has 4 aromatic heterocycles. The van der Waals surface area contributed by atoms with E-state index >= 15 is 0 Å². The Hall–Kier alpha value is -3.85. The Kier molecular flexibility index (Phi) is 4.41. The number of fused-ring (bicyclic) bond motifs is 1. The molecule has 1 saturated carbocycles. The quantitative estimate of drug-likeness (QED) is 0.388. The zero-order valence-corrected chi connectivity index (χ0v) is 18.1. The van der Waals surface area contributed by atoms with Crippen LogP contribution in [0.15, 0.2) is 58.0 Å². The van der Waals surface area contributed by atoms with Gasteiger partial charge in [-0.1, -0.05) is 11.6 Å². The molecule has 0 radical (unpaired) electrons. The summed E-state index contributed by atoms with van der Waals surface area (Å²) in [6.07, 6.45) is 5.36. The fraction of sp³-hybridized carbons (Fsp3) is 0.174. The van der Waals surface area contributed by atoms with Gasteiger partial charge >= 0.3 is 5.69 Å². The van der Waals surface area contributed by atoms with Crippen LogP contribution in [-0.4, -0.2) is 29.1 Å². The van der Waals surface area contributed by atoms with Crippen LogP contribution in [0.3, 0.4) is 0 Å². The van der Waals surface area contributed by atoms with E-state index < -0.39 is 11.5 Å². The van der Waals surface area contributed by atoms with Crippen molar-refractivity contribution in [1.29, 1.82) is 0 Å². The fourth-order valence-corrected chi connectivity index (χ4v) is 3.83. The van der Waals surface area contributed by atoms with E-state index in [-0.39, 0.29) is 22.5 Å². The maximum atomic E-state index is 14.2. The molecule has 10 heteroatoms. The maximum Gasteiger partial charge on any atom is 0.353 e. The van der Waals surface area contributed by atoms with Crippen molar-refractivity contribution in [3.05, 3.63) is 81.5 Å². The average molecular weight is 463 g/mol. The van der Waals surface area contributed by atoms with Crippen LogP contribution in [0.5, 0.6) is 0 Å². The number of aryl methyl sites for hydroxylation is 1. The van der Waals surface area contributed by atoms with Crippen molar-refractivity contribution in [2.75, 3.05) is 0 Å². The first-order valence-corrected chi connectivity index (χ1v) is 10.7. The molecule has 1 aliphatic rings. The van der Waals surface area contributed by atoms with E-state index in [1.54, 1.807) is 35.1 Å². The van der Waals surface area contributed by atoms with E-state index in [0.717, 1.165) is 24.2 Å². The van der Waals surface area contributed by atoms with Gasteiger partial charge in [-0.25, -0.2) is 23.3 Å². The molecule has 0 unspecified atom stereocenters. The standard InChI is InChI=1S/C23H16ClFN6O2/c1-12-6-8-26-19-11-18(29-31(12)19)22-28-21(20(33-22)14-4-5-15(24)16(25)10-14)30-9-7-17(13-2-3-13)27-23(30)32/h4-11,13H,2-3H2,1H3. The van der Waals surface area contributed by atoms with E-state index in [9.17, 15) is 9.18 Å². The largest absolute Gasteiger partial charge is 0.432 e. The molecule has 0 bridgehead atoms. The normalized spacial score (nSPS) is 13.7. The van der Waals surface area contributed by atoms with E-state index in [0.29, 0.717) is 22.8 Å². The second kappa shape index (κ2) is 7.35. The summed E-state index contributed by atoms with van der Waals surface area (Å²) in [5, 5.41) is 4.50. The molecule has 0 amide bonds. The van der Waals surface area contributed by atoms with Gasteiger partial charge < -0.3 is 4.42 Å². The second-order valence-corrected chi connectivity index (χ2v) is 8.37. The minimum atomic E-state index is -0.611. The Morgan fingerprint density at radius 1 is 1.15 bits per heavy atom. The summed E-state index contributed by atoms with van der Waals surface area (Å²) >= 11 is 5.86. The molecule has 6 rings (SSSR count). The Labute approximate surface area is 191 Å². The summed E-state index contributed by atoms with van der Waals surface area (Å²) in [5.41, 5.74) is 2.59. The first kappa shape index (κ1) is 19.8. The molecular weight excluding hydrogens is 447 g/mol. The van der Waals surface area contributed by atoms with Gasteiger partial charge in [0.1, 0.15) is 5.82 Å². The number of nitrogens with zero attached hydrogens (tertiary/aromatic N) is 6. The van der Waals surface area contributed by atoms with Crippen molar-refractivity contribution in [3.63, 3.8) is 0 Å². The van der Waals surface area contributed by atoms with Crippen LogP contribution in [0.1, 0.15) is 30.1 Å². The molecule has 0 N–H and O–H groups in total. The predicted octanol–water partition coefficient (Wildman–Crippen LogP) is 4.58. The van der Waals surface area contributed by atoms with Gasteiger partial charge in [0.2, 0.25) is 5.89 Å². The summed E-state index contributed by atoms with van der Waals surface area (Å²) in [6, 6.07) is 9.63. The van der Waals surface area contributed by atoms with Gasteiger partial charge in [-0.05, 0) is 50.1 Å². The first-order valence-electron chi connectivity index (χ1n) is 10.4. The number of rotatable bonds is 4. The highest BCUT2D eigenvalue weighted by atomic mass is 35.5. The third-order valence-electron chi connectivity index (χ3n) is 5.61. The first-order chi connectivity index (χ1) is 16.0. The molecule has 4 heterocycles. The summed E-state index contributed by atoms with van der Waals surface area (Å²) in [5.74, 6) is 0.274. The average Bonchev–Trinajstić information content (AvgIpc) is 3.40. The van der Waals surface area contributed by atoms with Crippen LogP contribution in [-0.2, 0) is 0 Å². The highest BCUT2D eigenvalue weighted by molar-refractivity contribution is 6.30. The molecule has 0 atom stereocenters. The van der Waals surface area contributed by atoms with Crippen molar-refractivity contribution in [2.24, 2.45) is 0 Å². The lowest BCUT2D eigenvalue weighted by molar-refractivity contribution is 0.582. The highest BCUT2D eigenvalue weighted by Crippen LogP contribution is 2.38. The lowest BCUT2D eigenvalue weighted by Crippen LogP contribution is -2.22. The minimum absolute atomic E-state index is 0.0189. The van der Waals surface area contributed by atoms with Crippen molar-refractivity contribution >= 4 is 17.2 Å². The predicted molar refractivity (Wildman–Crippen MR) is 119 cm³/mol. The molecule has 0 saturated heterocycles. The van der Waals surface area contributed by atoms with Crippen molar-refractivity contribution < 1.29 is 8.81 Å². The number of halogens is 2. The van der Waals surface area contributed by atoms with Gasteiger partial charge in [-0.15, -0.1) is 0 Å². The lowest BCUT2D eigenvalue weighted by Gasteiger charge is -2.05. The second-order valence-electron chi connectivity index (χ2n) is 7.97. The van der Waals surface area contributed by atoms with Crippen LogP contribution < -0.4 is 5.69 Å². The Morgan fingerprint density at radius 2 is 2.00 bits per heavy atom. The summed E-state index contributed by atoms with van der Waals surface area (Å²) in [7, 11) is 0. The third kappa shape index (κ3) is 3.41. The van der Waals surface area contributed by atoms with E-state index in [1.807, 2.05) is 13.0 Å². The van der Waals surface area contributed by atoms with Crippen LogP contribution in [0.25, 0.3) is 34.4 Å². The molecule has 0 aliphatic heterocycles. The third-order valence-corrected chi connectivity index (χ3v) is 5.91. The van der Waals surface area contributed by atoms with Gasteiger partial charge in [0.25, 0.3) is 0 Å². The van der Waals surface area contributed by atoms with Crippen molar-refractivity contribution in [2.45, 2.75) is 25.7 Å². The maximum absolute atomic E-state index is 14.2. The molecule has 1 aromatic carbocycles. The Balaban J connectivity index is 1.55. The van der Waals surface area contributed by atoms with Gasteiger partial charge in [-0.2, -0.15) is 15.1 Å². The topological polar surface area (TPSA) is 91.1 Å². The zero-order valence-electron chi connectivity index (χ0n) is 17.4. The number of hydrogen-bond donors (Lipinski definition) is 0. The van der Waals surface area contributed by atoms with Gasteiger partial charge in [-0.3, -0.25) is 0 Å². The van der Waals surface area contributed by atoms with Crippen LogP contribution in [0.2, 0.25) is 5.02 Å². The molecule has 33 heavy (non-hydrogen) atoms. The smallest absolute Gasteiger partial charge is 0.353 e. The highest BCUT2D eigenvalue weighted by Gasteiger charge is 2.27. The summed E-state index contributed by atoms with van der Waals surface area (Å²) < 4.78 is 23.2. The van der Waals surface area contributed by atoms with Crippen LogP contribution >= 0.6 is 11.6 Å². The number of oxazole rings is 1. The Morgan fingerprint density at radius 3 is 2.73 bits per heavy atom. The number of benzene rings is 1. The molecule has 1 fully saturated rings. The molecule has 1 aliphatic carbocycles. The van der Waals surface area contributed by atoms with Crippen LogP contribution in [0.4, 0.5) is 4.39 Å². The molecule has 0 spiro atoms. The Bertz CT molecular complexity index is 1600. The lowest BCUT2D eigenvalue weighted by atomic mass is 10.1. The SMILES string of the molecule is Cc1ccnc2cc(-c3nc(-n4ccc(C5CC5)nc4=O)c(-c4ccc(Cl)c(F)c4)o3)nn12.